The van der Waals surface area contributed by atoms with E-state index in [1.807, 2.05) is 6.07 Å². The second kappa shape index (κ2) is 8.79. The van der Waals surface area contributed by atoms with E-state index < -0.39 is 0 Å². The molecule has 156 valence electrons. The van der Waals surface area contributed by atoms with Crippen molar-refractivity contribution in [1.82, 2.24) is 19.9 Å². The van der Waals surface area contributed by atoms with Crippen LogP contribution in [0, 0.1) is 0 Å². The number of rotatable bonds is 5. The highest BCUT2D eigenvalue weighted by Gasteiger charge is 2.24. The SMILES string of the molecule is c1cnc(N[C@H]2CC[C@H](Oc3cc(N4CCOCC4)cc4nccnc34)CC2)nc1. The van der Waals surface area contributed by atoms with Crippen molar-refractivity contribution in [3.63, 3.8) is 0 Å². The third-order valence-corrected chi connectivity index (χ3v) is 5.77. The third kappa shape index (κ3) is 4.28. The van der Waals surface area contributed by atoms with Crippen LogP contribution in [0.1, 0.15) is 25.7 Å². The summed E-state index contributed by atoms with van der Waals surface area (Å²) in [7, 11) is 0. The second-order valence-corrected chi connectivity index (χ2v) is 7.78. The molecule has 0 atom stereocenters. The van der Waals surface area contributed by atoms with E-state index in [4.69, 9.17) is 9.47 Å². The molecule has 1 aromatic carbocycles. The number of morpholine rings is 1. The van der Waals surface area contributed by atoms with E-state index in [2.05, 4.69) is 42.3 Å². The minimum Gasteiger partial charge on any atom is -0.488 e. The van der Waals surface area contributed by atoms with Gasteiger partial charge in [0.2, 0.25) is 5.95 Å². The quantitative estimate of drug-likeness (QED) is 0.692. The first kappa shape index (κ1) is 19.0. The number of ether oxygens (including phenoxy) is 2. The van der Waals surface area contributed by atoms with Crippen molar-refractivity contribution < 1.29 is 9.47 Å². The number of hydrogen-bond donors (Lipinski definition) is 1. The average Bonchev–Trinajstić information content (AvgIpc) is 2.81. The molecule has 3 aromatic rings. The highest BCUT2D eigenvalue weighted by atomic mass is 16.5. The Labute approximate surface area is 175 Å². The highest BCUT2D eigenvalue weighted by molar-refractivity contribution is 5.85. The van der Waals surface area contributed by atoms with Gasteiger partial charge in [0.05, 0.1) is 24.8 Å². The zero-order valence-corrected chi connectivity index (χ0v) is 16.9. The molecule has 30 heavy (non-hydrogen) atoms. The second-order valence-electron chi connectivity index (χ2n) is 7.78. The van der Waals surface area contributed by atoms with Gasteiger partial charge in [-0.3, -0.25) is 4.98 Å². The largest absolute Gasteiger partial charge is 0.488 e. The lowest BCUT2D eigenvalue weighted by molar-refractivity contribution is 0.122. The Morgan fingerprint density at radius 1 is 0.900 bits per heavy atom. The summed E-state index contributed by atoms with van der Waals surface area (Å²) in [6.45, 7) is 3.25. The summed E-state index contributed by atoms with van der Waals surface area (Å²) in [5, 5.41) is 3.43. The molecule has 5 rings (SSSR count). The maximum absolute atomic E-state index is 6.48. The van der Waals surface area contributed by atoms with E-state index >= 15 is 0 Å². The van der Waals surface area contributed by atoms with Crippen molar-refractivity contribution in [3.8, 4) is 5.75 Å². The molecule has 2 fully saturated rings. The number of nitrogens with zero attached hydrogens (tertiary/aromatic N) is 5. The fourth-order valence-electron chi connectivity index (χ4n) is 4.18. The van der Waals surface area contributed by atoms with Crippen LogP contribution in [-0.4, -0.2) is 58.4 Å². The Morgan fingerprint density at radius 3 is 2.47 bits per heavy atom. The predicted molar refractivity (Wildman–Crippen MR) is 115 cm³/mol. The van der Waals surface area contributed by atoms with E-state index in [1.165, 1.54) is 0 Å². The molecule has 2 aromatic heterocycles. The lowest BCUT2D eigenvalue weighted by Crippen LogP contribution is -2.36. The Hall–Kier alpha value is -3.00. The van der Waals surface area contributed by atoms with Gasteiger partial charge in [-0.1, -0.05) is 0 Å². The maximum atomic E-state index is 6.48. The fraction of sp³-hybridized carbons (Fsp3) is 0.455. The predicted octanol–water partition coefficient (Wildman–Crippen LogP) is 3.06. The summed E-state index contributed by atoms with van der Waals surface area (Å²) >= 11 is 0. The molecule has 1 N–H and O–H groups in total. The van der Waals surface area contributed by atoms with Crippen molar-refractivity contribution in [1.29, 1.82) is 0 Å². The first-order valence-electron chi connectivity index (χ1n) is 10.6. The number of fused-ring (bicyclic) bond motifs is 1. The van der Waals surface area contributed by atoms with Crippen LogP contribution in [0.2, 0.25) is 0 Å². The summed E-state index contributed by atoms with van der Waals surface area (Å²) < 4.78 is 12.0. The monoisotopic (exact) mass is 406 g/mol. The van der Waals surface area contributed by atoms with E-state index in [1.54, 1.807) is 24.8 Å². The van der Waals surface area contributed by atoms with Gasteiger partial charge in [0, 0.05) is 55.7 Å². The molecule has 1 saturated carbocycles. The third-order valence-electron chi connectivity index (χ3n) is 5.77. The van der Waals surface area contributed by atoms with Crippen LogP contribution in [-0.2, 0) is 4.74 Å². The standard InChI is InChI=1S/C22H26N6O2/c1-6-25-22(26-7-1)27-16-2-4-18(5-3-16)30-20-15-17(28-10-12-29-13-11-28)14-19-21(20)24-9-8-23-19/h1,6-9,14-16,18H,2-5,10-13H2,(H,25,26,27)/t16-,18-. The molecule has 8 nitrogen and oxygen atoms in total. The Morgan fingerprint density at radius 2 is 1.67 bits per heavy atom. The van der Waals surface area contributed by atoms with Crippen molar-refractivity contribution in [2.24, 2.45) is 0 Å². The summed E-state index contributed by atoms with van der Waals surface area (Å²) in [6, 6.07) is 6.42. The number of aromatic nitrogens is 4. The van der Waals surface area contributed by atoms with Crippen LogP contribution in [0.25, 0.3) is 11.0 Å². The van der Waals surface area contributed by atoms with Crippen LogP contribution >= 0.6 is 0 Å². The molecule has 0 unspecified atom stereocenters. The van der Waals surface area contributed by atoms with E-state index in [9.17, 15) is 0 Å². The molecule has 0 bridgehead atoms. The van der Waals surface area contributed by atoms with Crippen LogP contribution in [0.5, 0.6) is 5.75 Å². The lowest BCUT2D eigenvalue weighted by Gasteiger charge is -2.31. The number of nitrogens with one attached hydrogen (secondary N) is 1. The molecule has 0 radical (unpaired) electrons. The molecular formula is C22H26N6O2. The van der Waals surface area contributed by atoms with Crippen molar-refractivity contribution in [3.05, 3.63) is 43.0 Å². The smallest absolute Gasteiger partial charge is 0.222 e. The van der Waals surface area contributed by atoms with Gasteiger partial charge in [-0.15, -0.1) is 0 Å². The molecule has 1 aliphatic carbocycles. The summed E-state index contributed by atoms with van der Waals surface area (Å²) in [5.41, 5.74) is 2.82. The first-order valence-corrected chi connectivity index (χ1v) is 10.6. The number of benzene rings is 1. The topological polar surface area (TPSA) is 85.3 Å². The van der Waals surface area contributed by atoms with Gasteiger partial charge in [0.1, 0.15) is 11.3 Å². The molecule has 3 heterocycles. The van der Waals surface area contributed by atoms with Crippen molar-refractivity contribution >= 4 is 22.7 Å². The fourth-order valence-corrected chi connectivity index (χ4v) is 4.18. The number of anilines is 2. The molecule has 0 amide bonds. The van der Waals surface area contributed by atoms with Gasteiger partial charge in [0.25, 0.3) is 0 Å². The zero-order chi connectivity index (χ0) is 20.2. The van der Waals surface area contributed by atoms with E-state index in [0.717, 1.165) is 74.5 Å². The van der Waals surface area contributed by atoms with E-state index in [-0.39, 0.29) is 6.10 Å². The van der Waals surface area contributed by atoms with E-state index in [0.29, 0.717) is 12.0 Å². The molecular weight excluding hydrogens is 380 g/mol. The van der Waals surface area contributed by atoms with Gasteiger partial charge in [-0.2, -0.15) is 0 Å². The maximum Gasteiger partial charge on any atom is 0.222 e. The molecule has 0 spiro atoms. The Balaban J connectivity index is 1.29. The van der Waals surface area contributed by atoms with Crippen molar-refractivity contribution in [2.45, 2.75) is 37.8 Å². The van der Waals surface area contributed by atoms with Gasteiger partial charge in [-0.05, 0) is 37.8 Å². The van der Waals surface area contributed by atoms with Crippen LogP contribution in [0.4, 0.5) is 11.6 Å². The summed E-state index contributed by atoms with van der Waals surface area (Å²) in [4.78, 5) is 19.9. The molecule has 1 aliphatic heterocycles. The normalized spacial score (nSPS) is 22.1. The van der Waals surface area contributed by atoms with Crippen LogP contribution in [0.15, 0.2) is 43.0 Å². The minimum atomic E-state index is 0.171. The molecule has 2 aliphatic rings. The van der Waals surface area contributed by atoms with Gasteiger partial charge >= 0.3 is 0 Å². The summed E-state index contributed by atoms with van der Waals surface area (Å²) in [5.74, 6) is 1.52. The Bertz CT molecular complexity index is 972. The zero-order valence-electron chi connectivity index (χ0n) is 16.9. The Kier molecular flexibility index (Phi) is 5.56. The lowest BCUT2D eigenvalue weighted by atomic mass is 9.93. The molecule has 8 heteroatoms. The number of hydrogen-bond acceptors (Lipinski definition) is 8. The van der Waals surface area contributed by atoms with Gasteiger partial charge in [0.15, 0.2) is 0 Å². The molecule has 1 saturated heterocycles. The average molecular weight is 406 g/mol. The van der Waals surface area contributed by atoms with Crippen LogP contribution in [0.3, 0.4) is 0 Å². The first-order chi connectivity index (χ1) is 14.8. The minimum absolute atomic E-state index is 0.171. The highest BCUT2D eigenvalue weighted by Crippen LogP contribution is 2.33. The summed E-state index contributed by atoms with van der Waals surface area (Å²) in [6.07, 6.45) is 11.2. The van der Waals surface area contributed by atoms with Crippen LogP contribution < -0.4 is 15.0 Å². The van der Waals surface area contributed by atoms with Crippen molar-refractivity contribution in [2.75, 3.05) is 36.5 Å². The van der Waals surface area contributed by atoms with Gasteiger partial charge < -0.3 is 19.7 Å². The van der Waals surface area contributed by atoms with Gasteiger partial charge in [-0.25, -0.2) is 15.0 Å².